The molecule has 0 aromatic heterocycles. The van der Waals surface area contributed by atoms with Crippen molar-refractivity contribution < 1.29 is 8.42 Å². The second-order valence-corrected chi connectivity index (χ2v) is 7.44. The molecule has 1 rings (SSSR count). The van der Waals surface area contributed by atoms with Crippen molar-refractivity contribution in [2.75, 3.05) is 32.9 Å². The third-order valence-electron chi connectivity index (χ3n) is 3.02. The molecule has 24 heavy (non-hydrogen) atoms. The minimum atomic E-state index is -3.14. The van der Waals surface area contributed by atoms with E-state index in [0.717, 1.165) is 29.3 Å². The highest BCUT2D eigenvalue weighted by Gasteiger charge is 2.08. The Kier molecular flexibility index (Phi) is 11.6. The van der Waals surface area contributed by atoms with Crippen LogP contribution in [0, 0.1) is 0 Å². The molecule has 1 aromatic carbocycles. The number of nitrogens with zero attached hydrogens (tertiary/aromatic N) is 2. The zero-order valence-corrected chi connectivity index (χ0v) is 18.2. The maximum absolute atomic E-state index is 11.0. The van der Waals surface area contributed by atoms with Crippen LogP contribution in [0.5, 0.6) is 0 Å². The number of nitrogens with one attached hydrogen (secondary N) is 2. The van der Waals surface area contributed by atoms with Crippen LogP contribution in [0.4, 0.5) is 0 Å². The van der Waals surface area contributed by atoms with Crippen molar-refractivity contribution in [1.29, 1.82) is 0 Å². The Balaban J connectivity index is 0.00000529. The molecule has 0 saturated heterocycles. The summed E-state index contributed by atoms with van der Waals surface area (Å²) in [5.74, 6) is 0.770. The van der Waals surface area contributed by atoms with Gasteiger partial charge < -0.3 is 10.2 Å². The Labute approximate surface area is 167 Å². The van der Waals surface area contributed by atoms with Crippen LogP contribution >= 0.6 is 35.6 Å². The predicted octanol–water partition coefficient (Wildman–Crippen LogP) is 2.29. The van der Waals surface area contributed by atoms with Gasteiger partial charge in [0.1, 0.15) is 0 Å². The second kappa shape index (κ2) is 11.9. The third kappa shape index (κ3) is 9.65. The lowest BCUT2D eigenvalue weighted by molar-refractivity contribution is 0.476. The van der Waals surface area contributed by atoms with Gasteiger partial charge in [0.15, 0.2) is 5.96 Å². The third-order valence-corrected chi connectivity index (χ3v) is 4.12. The highest BCUT2D eigenvalue weighted by Crippen LogP contribution is 2.16. The molecule has 0 radical (unpaired) electrons. The Bertz CT molecular complexity index is 626. The summed E-state index contributed by atoms with van der Waals surface area (Å²) in [6.07, 6.45) is 1.79. The second-order valence-electron chi connectivity index (χ2n) is 5.20. The number of halogens is 2. The van der Waals surface area contributed by atoms with Crippen LogP contribution in [0.2, 0.25) is 5.02 Å². The first-order valence-corrected chi connectivity index (χ1v) is 9.78. The smallest absolute Gasteiger partial charge is 0.208 e. The largest absolute Gasteiger partial charge is 0.357 e. The van der Waals surface area contributed by atoms with Gasteiger partial charge >= 0.3 is 0 Å². The average molecular weight is 489 g/mol. The minimum Gasteiger partial charge on any atom is -0.357 e. The van der Waals surface area contributed by atoms with Crippen LogP contribution < -0.4 is 10.0 Å². The van der Waals surface area contributed by atoms with Crippen molar-refractivity contribution in [2.24, 2.45) is 4.99 Å². The Hall–Kier alpha value is -0.580. The first-order valence-electron chi connectivity index (χ1n) is 7.51. The first kappa shape index (κ1) is 23.4. The van der Waals surface area contributed by atoms with Crippen molar-refractivity contribution in [3.05, 3.63) is 34.9 Å². The summed E-state index contributed by atoms with van der Waals surface area (Å²) in [6.45, 7) is 4.33. The molecule has 0 fully saturated rings. The summed E-state index contributed by atoms with van der Waals surface area (Å²) in [6, 6.07) is 7.71. The molecular formula is C15H26ClIN4O2S. The molecule has 0 heterocycles. The molecule has 0 saturated carbocycles. The predicted molar refractivity (Wildman–Crippen MR) is 112 cm³/mol. The Morgan fingerprint density at radius 1 is 1.33 bits per heavy atom. The fraction of sp³-hybridized carbons (Fsp3) is 0.533. The lowest BCUT2D eigenvalue weighted by Crippen LogP contribution is -2.38. The summed E-state index contributed by atoms with van der Waals surface area (Å²) in [5, 5.41) is 3.95. The molecule has 6 nitrogen and oxygen atoms in total. The summed E-state index contributed by atoms with van der Waals surface area (Å²) in [4.78, 5) is 6.51. The molecule has 0 spiro atoms. The van der Waals surface area contributed by atoms with E-state index in [1.807, 2.05) is 43.1 Å². The quantitative estimate of drug-likeness (QED) is 0.255. The van der Waals surface area contributed by atoms with E-state index in [1.165, 1.54) is 0 Å². The molecule has 2 N–H and O–H groups in total. The fourth-order valence-corrected chi connectivity index (χ4v) is 2.66. The van der Waals surface area contributed by atoms with Gasteiger partial charge in [-0.2, -0.15) is 0 Å². The number of guanidine groups is 1. The van der Waals surface area contributed by atoms with Crippen molar-refractivity contribution in [3.63, 3.8) is 0 Å². The lowest BCUT2D eigenvalue weighted by Gasteiger charge is -2.22. The van der Waals surface area contributed by atoms with Crippen molar-refractivity contribution in [2.45, 2.75) is 19.9 Å². The molecule has 0 atom stereocenters. The van der Waals surface area contributed by atoms with Crippen LogP contribution in [0.15, 0.2) is 29.3 Å². The van der Waals surface area contributed by atoms with Crippen LogP contribution in [0.3, 0.4) is 0 Å². The average Bonchev–Trinajstić information content (AvgIpc) is 2.47. The van der Waals surface area contributed by atoms with Gasteiger partial charge in [0, 0.05) is 38.2 Å². The van der Waals surface area contributed by atoms with Crippen molar-refractivity contribution in [3.8, 4) is 0 Å². The monoisotopic (exact) mass is 488 g/mol. The maximum atomic E-state index is 11.0. The molecular weight excluding hydrogens is 463 g/mol. The summed E-state index contributed by atoms with van der Waals surface area (Å²) < 4.78 is 24.4. The van der Waals surface area contributed by atoms with E-state index >= 15 is 0 Å². The Morgan fingerprint density at radius 2 is 2.00 bits per heavy atom. The van der Waals surface area contributed by atoms with E-state index in [0.29, 0.717) is 26.1 Å². The standard InChI is InChI=1S/C15H25ClN4O2S.HI/c1-4-17-15(18-10-7-11-19-23(3,21)22)20(2)12-13-8-5-6-9-14(13)16;/h5-6,8-9,19H,4,7,10-12H2,1-3H3,(H,17,18);1H. The van der Waals surface area contributed by atoms with Gasteiger partial charge in [-0.15, -0.1) is 24.0 Å². The summed E-state index contributed by atoms with van der Waals surface area (Å²) in [7, 11) is -1.19. The van der Waals surface area contributed by atoms with Gasteiger partial charge in [0.2, 0.25) is 10.0 Å². The minimum absolute atomic E-state index is 0. The zero-order chi connectivity index (χ0) is 17.3. The number of rotatable bonds is 8. The molecule has 0 amide bonds. The highest BCUT2D eigenvalue weighted by atomic mass is 127. The van der Waals surface area contributed by atoms with Crippen LogP contribution in [-0.4, -0.2) is 52.2 Å². The van der Waals surface area contributed by atoms with Gasteiger partial charge in [0.05, 0.1) is 6.26 Å². The van der Waals surface area contributed by atoms with E-state index in [1.54, 1.807) is 0 Å². The van der Waals surface area contributed by atoms with Gasteiger partial charge in [-0.3, -0.25) is 4.99 Å². The molecule has 9 heteroatoms. The molecule has 0 aliphatic rings. The van der Waals surface area contributed by atoms with Crippen molar-refractivity contribution in [1.82, 2.24) is 14.9 Å². The van der Waals surface area contributed by atoms with E-state index in [2.05, 4.69) is 15.0 Å². The van der Waals surface area contributed by atoms with E-state index in [-0.39, 0.29) is 24.0 Å². The van der Waals surface area contributed by atoms with E-state index < -0.39 is 10.0 Å². The highest BCUT2D eigenvalue weighted by molar-refractivity contribution is 14.0. The topological polar surface area (TPSA) is 73.8 Å². The zero-order valence-electron chi connectivity index (χ0n) is 14.3. The summed E-state index contributed by atoms with van der Waals surface area (Å²) >= 11 is 6.19. The number of hydrogen-bond acceptors (Lipinski definition) is 3. The molecule has 0 aliphatic heterocycles. The number of aliphatic imine (C=N–C) groups is 1. The van der Waals surface area contributed by atoms with E-state index in [4.69, 9.17) is 11.6 Å². The van der Waals surface area contributed by atoms with Gasteiger partial charge in [-0.1, -0.05) is 29.8 Å². The summed E-state index contributed by atoms with van der Waals surface area (Å²) in [5.41, 5.74) is 1.03. The van der Waals surface area contributed by atoms with Crippen LogP contribution in [0.1, 0.15) is 18.9 Å². The van der Waals surface area contributed by atoms with Gasteiger partial charge in [0.25, 0.3) is 0 Å². The molecule has 0 aliphatic carbocycles. The Morgan fingerprint density at radius 3 is 2.58 bits per heavy atom. The van der Waals surface area contributed by atoms with Crippen LogP contribution in [-0.2, 0) is 16.6 Å². The fourth-order valence-electron chi connectivity index (χ4n) is 1.95. The lowest BCUT2D eigenvalue weighted by atomic mass is 10.2. The van der Waals surface area contributed by atoms with Crippen LogP contribution in [0.25, 0.3) is 0 Å². The van der Waals surface area contributed by atoms with Gasteiger partial charge in [-0.25, -0.2) is 13.1 Å². The molecule has 0 bridgehead atoms. The molecule has 1 aromatic rings. The van der Waals surface area contributed by atoms with Gasteiger partial charge in [-0.05, 0) is 25.0 Å². The van der Waals surface area contributed by atoms with Crippen molar-refractivity contribution >= 4 is 51.6 Å². The SMILES string of the molecule is CCNC(=NCCCNS(C)(=O)=O)N(C)Cc1ccccc1Cl.I. The maximum Gasteiger partial charge on any atom is 0.208 e. The number of hydrogen-bond donors (Lipinski definition) is 2. The number of benzene rings is 1. The normalized spacial score (nSPS) is 11.8. The first-order chi connectivity index (χ1) is 10.8. The number of sulfonamides is 1. The molecule has 138 valence electrons. The van der Waals surface area contributed by atoms with E-state index in [9.17, 15) is 8.42 Å². The molecule has 0 unspecified atom stereocenters.